The maximum absolute atomic E-state index is 12.5. The maximum atomic E-state index is 12.5. The van der Waals surface area contributed by atoms with Gasteiger partial charge < -0.3 is 8.92 Å². The Balaban J connectivity index is 2.39. The molecule has 0 radical (unpaired) electrons. The summed E-state index contributed by atoms with van der Waals surface area (Å²) in [5, 5.41) is 2.63. The van der Waals surface area contributed by atoms with Crippen LogP contribution >= 0.6 is 11.3 Å². The Morgan fingerprint density at radius 2 is 2.00 bits per heavy atom. The van der Waals surface area contributed by atoms with Gasteiger partial charge in [-0.25, -0.2) is 14.0 Å². The fraction of sp³-hybridized carbons (Fsp3) is 0.467. The molecule has 1 heterocycles. The lowest BCUT2D eigenvalue weighted by Crippen LogP contribution is -2.28. The van der Waals surface area contributed by atoms with Crippen molar-refractivity contribution in [3.8, 4) is 0 Å². The molecule has 1 aliphatic rings. The normalized spacial score (nSPS) is 18.4. The number of ether oxygens (including phenoxy) is 1. The van der Waals surface area contributed by atoms with Crippen molar-refractivity contribution in [1.29, 1.82) is 0 Å². The molecule has 144 valence electrons. The molecule has 2 unspecified atom stereocenters. The number of alkyl halides is 3. The first-order valence-electron chi connectivity index (χ1n) is 7.43. The van der Waals surface area contributed by atoms with E-state index < -0.39 is 28.3 Å². The SMILES string of the molecule is CC1C=CC(OS(=O)C(F)(F)F)=c2nc(NC(=O)OC(C)(C)C)sc2=C1. The number of fused-ring (bicyclic) bond motifs is 1. The van der Waals surface area contributed by atoms with Crippen molar-refractivity contribution in [3.05, 3.63) is 22.0 Å². The lowest BCUT2D eigenvalue weighted by molar-refractivity contribution is -0.0445. The third kappa shape index (κ3) is 5.56. The van der Waals surface area contributed by atoms with E-state index in [1.54, 1.807) is 32.9 Å². The minimum absolute atomic E-state index is 0.0688. The summed E-state index contributed by atoms with van der Waals surface area (Å²) in [7, 11) is 0. The smallest absolute Gasteiger partial charge is 0.444 e. The minimum Gasteiger partial charge on any atom is -0.444 e. The second kappa shape index (κ2) is 7.39. The number of anilines is 1. The van der Waals surface area contributed by atoms with Crippen LogP contribution in [0.1, 0.15) is 27.7 Å². The Bertz CT molecular complexity index is 869. The highest BCUT2D eigenvalue weighted by atomic mass is 32.2. The predicted octanol–water partition coefficient (Wildman–Crippen LogP) is 2.78. The molecule has 0 saturated heterocycles. The van der Waals surface area contributed by atoms with Crippen molar-refractivity contribution in [2.45, 2.75) is 38.8 Å². The molecule has 1 N–H and O–H groups in total. The number of hydrogen-bond donors (Lipinski definition) is 1. The van der Waals surface area contributed by atoms with Crippen molar-refractivity contribution < 1.29 is 31.1 Å². The summed E-state index contributed by atoms with van der Waals surface area (Å²) < 4.78 is 59.0. The molecule has 0 aromatic carbocycles. The number of halogens is 3. The van der Waals surface area contributed by atoms with Gasteiger partial charge in [0.25, 0.3) is 0 Å². The number of allylic oxidation sites excluding steroid dienone is 1. The zero-order valence-electron chi connectivity index (χ0n) is 14.3. The van der Waals surface area contributed by atoms with Crippen molar-refractivity contribution in [3.63, 3.8) is 0 Å². The molecule has 11 heteroatoms. The average Bonchev–Trinajstić information content (AvgIpc) is 2.75. The third-order valence-electron chi connectivity index (χ3n) is 2.81. The molecule has 2 atom stereocenters. The third-order valence-corrected chi connectivity index (χ3v) is 4.46. The second-order valence-corrected chi connectivity index (χ2v) is 8.50. The van der Waals surface area contributed by atoms with Crippen LogP contribution in [0.25, 0.3) is 11.8 Å². The fourth-order valence-electron chi connectivity index (χ4n) is 1.87. The summed E-state index contributed by atoms with van der Waals surface area (Å²) in [6.45, 7) is 6.88. The van der Waals surface area contributed by atoms with Crippen LogP contribution in [0.15, 0.2) is 12.2 Å². The van der Waals surface area contributed by atoms with Crippen LogP contribution in [0.2, 0.25) is 0 Å². The Kier molecular flexibility index (Phi) is 5.81. The number of carbonyl (C=O) groups excluding carboxylic acids is 1. The first-order chi connectivity index (χ1) is 11.8. The van der Waals surface area contributed by atoms with Gasteiger partial charge in [0.15, 0.2) is 10.9 Å². The van der Waals surface area contributed by atoms with Gasteiger partial charge in [0, 0.05) is 0 Å². The molecule has 0 bridgehead atoms. The molecule has 1 aromatic heterocycles. The standard InChI is InChI=1S/C15H17F3N2O4S2/c1-8-5-6-9(24-26(22)15(16,17)18)11-10(7-8)25-12(19-11)20-13(21)23-14(2,3)4/h5-8H,1-4H3,(H,19,20,21). The van der Waals surface area contributed by atoms with Crippen LogP contribution in [0.4, 0.5) is 23.1 Å². The summed E-state index contributed by atoms with van der Waals surface area (Å²) in [6.07, 6.45) is 3.88. The Labute approximate surface area is 154 Å². The van der Waals surface area contributed by atoms with E-state index in [1.807, 2.05) is 6.92 Å². The van der Waals surface area contributed by atoms with Gasteiger partial charge in [-0.05, 0) is 32.8 Å². The van der Waals surface area contributed by atoms with Crippen LogP contribution in [0.5, 0.6) is 0 Å². The Hall–Kier alpha value is -1.88. The number of rotatable bonds is 3. The number of aromatic nitrogens is 1. The topological polar surface area (TPSA) is 77.5 Å². The second-order valence-electron chi connectivity index (χ2n) is 6.37. The van der Waals surface area contributed by atoms with E-state index in [4.69, 9.17) is 4.74 Å². The van der Waals surface area contributed by atoms with Crippen molar-refractivity contribution >= 4 is 45.5 Å². The summed E-state index contributed by atoms with van der Waals surface area (Å²) in [5.41, 5.74) is -5.73. The molecule has 0 fully saturated rings. The van der Waals surface area contributed by atoms with E-state index in [0.29, 0.717) is 4.53 Å². The zero-order valence-corrected chi connectivity index (χ0v) is 16.0. The lowest BCUT2D eigenvalue weighted by atomic mass is 10.2. The Morgan fingerprint density at radius 1 is 1.35 bits per heavy atom. The molecule has 0 aliphatic heterocycles. The summed E-state index contributed by atoms with van der Waals surface area (Å²) >= 11 is -2.48. The molecule has 0 spiro atoms. The minimum atomic E-state index is -5.02. The van der Waals surface area contributed by atoms with Gasteiger partial charge in [-0.2, -0.15) is 13.2 Å². The number of nitrogens with one attached hydrogen (secondary N) is 1. The molecule has 6 nitrogen and oxygen atoms in total. The van der Waals surface area contributed by atoms with Gasteiger partial charge in [-0.15, -0.1) is 0 Å². The van der Waals surface area contributed by atoms with Crippen LogP contribution < -0.4 is 15.2 Å². The van der Waals surface area contributed by atoms with Crippen molar-refractivity contribution in [2.75, 3.05) is 5.32 Å². The highest BCUT2D eigenvalue weighted by Gasteiger charge is 2.40. The summed E-state index contributed by atoms with van der Waals surface area (Å²) in [4.78, 5) is 15.9. The van der Waals surface area contributed by atoms with Gasteiger partial charge in [0.2, 0.25) is 0 Å². The quantitative estimate of drug-likeness (QED) is 0.829. The fourth-order valence-corrected chi connectivity index (χ4v) is 3.27. The molecule has 2 rings (SSSR count). The van der Waals surface area contributed by atoms with E-state index in [0.717, 1.165) is 11.3 Å². The van der Waals surface area contributed by atoms with Crippen molar-refractivity contribution in [1.82, 2.24) is 4.98 Å². The van der Waals surface area contributed by atoms with Gasteiger partial charge in [-0.3, -0.25) is 5.32 Å². The van der Waals surface area contributed by atoms with E-state index in [2.05, 4.69) is 14.5 Å². The van der Waals surface area contributed by atoms with E-state index in [1.165, 1.54) is 6.08 Å². The van der Waals surface area contributed by atoms with E-state index >= 15 is 0 Å². The average molecular weight is 410 g/mol. The van der Waals surface area contributed by atoms with Gasteiger partial charge in [0.1, 0.15) is 11.0 Å². The van der Waals surface area contributed by atoms with Crippen molar-refractivity contribution in [2.24, 2.45) is 5.92 Å². The molecule has 1 aromatic rings. The number of hydrogen-bond acceptors (Lipinski definition) is 6. The number of amides is 1. The summed E-state index contributed by atoms with van der Waals surface area (Å²) in [5.74, 6) is -0.409. The number of thiazole rings is 1. The highest BCUT2D eigenvalue weighted by molar-refractivity contribution is 7.81. The number of carbonyl (C=O) groups is 1. The van der Waals surface area contributed by atoms with Crippen LogP contribution in [-0.2, 0) is 20.0 Å². The highest BCUT2D eigenvalue weighted by Crippen LogP contribution is 2.24. The van der Waals surface area contributed by atoms with E-state index in [9.17, 15) is 22.2 Å². The van der Waals surface area contributed by atoms with Crippen LogP contribution in [-0.4, -0.2) is 26.4 Å². The molecular formula is C15H17F3N2O4S2. The summed E-state index contributed by atoms with van der Waals surface area (Å²) in [6, 6.07) is 0. The first kappa shape index (κ1) is 20.4. The Morgan fingerprint density at radius 3 is 2.58 bits per heavy atom. The van der Waals surface area contributed by atoms with Crippen LogP contribution in [0.3, 0.4) is 0 Å². The lowest BCUT2D eigenvalue weighted by Gasteiger charge is -2.18. The number of nitrogens with zero attached hydrogens (tertiary/aromatic N) is 1. The zero-order chi connectivity index (χ0) is 19.7. The predicted molar refractivity (Wildman–Crippen MR) is 92.7 cm³/mol. The van der Waals surface area contributed by atoms with Gasteiger partial charge >= 0.3 is 22.7 Å². The van der Waals surface area contributed by atoms with Crippen LogP contribution in [0, 0.1) is 5.92 Å². The first-order valence-corrected chi connectivity index (χ1v) is 9.32. The van der Waals surface area contributed by atoms with E-state index in [-0.39, 0.29) is 22.2 Å². The van der Waals surface area contributed by atoms with Gasteiger partial charge in [0.05, 0.1) is 4.53 Å². The van der Waals surface area contributed by atoms with Gasteiger partial charge in [-0.1, -0.05) is 30.4 Å². The molecule has 1 amide bonds. The molecule has 1 aliphatic carbocycles. The largest absolute Gasteiger partial charge is 0.508 e. The molecule has 0 saturated carbocycles. The molecule has 26 heavy (non-hydrogen) atoms. The molecular weight excluding hydrogens is 393 g/mol. The maximum Gasteiger partial charge on any atom is 0.508 e. The monoisotopic (exact) mass is 410 g/mol.